The molecule has 1 aromatic rings. The molecule has 1 amide bonds. The predicted octanol–water partition coefficient (Wildman–Crippen LogP) is 3.82. The van der Waals surface area contributed by atoms with Gasteiger partial charge in [-0.15, -0.1) is 0 Å². The molecule has 25 heavy (non-hydrogen) atoms. The number of hydrogen-bond donors (Lipinski definition) is 1. The van der Waals surface area contributed by atoms with E-state index in [-0.39, 0.29) is 6.42 Å². The molecule has 1 aromatic carbocycles. The number of ketones is 1. The predicted molar refractivity (Wildman–Crippen MR) is 95.2 cm³/mol. The second kappa shape index (κ2) is 8.54. The lowest BCUT2D eigenvalue weighted by atomic mass is 9.99. The van der Waals surface area contributed by atoms with Crippen LogP contribution in [-0.2, 0) is 20.7 Å². The molecule has 0 aliphatic rings. The number of carboxylic acids is 1. The first-order chi connectivity index (χ1) is 11.4. The molecule has 0 heterocycles. The normalized spacial score (nSPS) is 12.4. The number of hydrogen-bond acceptors (Lipinski definition) is 4. The third-order valence-electron chi connectivity index (χ3n) is 3.26. The molecule has 8 heteroatoms. The van der Waals surface area contributed by atoms with Gasteiger partial charge in [0.15, 0.2) is 5.78 Å². The van der Waals surface area contributed by atoms with Gasteiger partial charge in [-0.25, -0.2) is 4.79 Å². The van der Waals surface area contributed by atoms with Gasteiger partial charge >= 0.3 is 12.1 Å². The number of Topliss-reactive ketones (excluding diaryl/α,β-unsaturated/α-hetero) is 1. The highest BCUT2D eigenvalue weighted by Gasteiger charge is 2.31. The molecule has 0 saturated heterocycles. The number of carboxylic acid groups (broad SMARTS) is 1. The van der Waals surface area contributed by atoms with Gasteiger partial charge < -0.3 is 14.7 Å². The van der Waals surface area contributed by atoms with E-state index in [1.165, 1.54) is 7.05 Å². The lowest BCUT2D eigenvalue weighted by molar-refractivity contribution is -0.141. The Morgan fingerprint density at radius 2 is 1.80 bits per heavy atom. The standard InChI is InChI=1S/C17H21Cl2NO5/c1-17(2,3)25-16(24)20(4)13(14(21)9-15(22)23)8-10-5-6-11(18)12(19)7-10/h5-7,13H,8-9H2,1-4H3,(H,22,23)/t13-/m1/s1. The van der Waals surface area contributed by atoms with E-state index in [9.17, 15) is 14.4 Å². The van der Waals surface area contributed by atoms with Crippen molar-refractivity contribution < 1.29 is 24.2 Å². The van der Waals surface area contributed by atoms with Crippen LogP contribution in [0.3, 0.4) is 0 Å². The van der Waals surface area contributed by atoms with Gasteiger partial charge in [-0.05, 0) is 38.5 Å². The highest BCUT2D eigenvalue weighted by Crippen LogP contribution is 2.24. The van der Waals surface area contributed by atoms with Crippen molar-refractivity contribution >= 4 is 41.0 Å². The Hall–Kier alpha value is -1.79. The first kappa shape index (κ1) is 21.3. The van der Waals surface area contributed by atoms with Gasteiger partial charge in [0.1, 0.15) is 12.0 Å². The van der Waals surface area contributed by atoms with E-state index in [1.54, 1.807) is 39.0 Å². The van der Waals surface area contributed by atoms with Gasteiger partial charge in [0.05, 0.1) is 16.1 Å². The number of likely N-dealkylation sites (N-methyl/N-ethyl adjacent to an activating group) is 1. The van der Waals surface area contributed by atoms with Crippen LogP contribution in [0, 0.1) is 0 Å². The van der Waals surface area contributed by atoms with Crippen LogP contribution in [0.4, 0.5) is 4.79 Å². The Kier molecular flexibility index (Phi) is 7.26. The fourth-order valence-corrected chi connectivity index (χ4v) is 2.41. The van der Waals surface area contributed by atoms with Crippen LogP contribution in [-0.4, -0.2) is 46.5 Å². The van der Waals surface area contributed by atoms with E-state index in [2.05, 4.69) is 0 Å². The Balaban J connectivity index is 3.06. The number of amides is 1. The molecular formula is C17H21Cl2NO5. The molecule has 0 aliphatic carbocycles. The quantitative estimate of drug-likeness (QED) is 0.747. The Labute approximate surface area is 156 Å². The molecule has 0 unspecified atom stereocenters. The van der Waals surface area contributed by atoms with Crippen molar-refractivity contribution in [2.24, 2.45) is 0 Å². The topological polar surface area (TPSA) is 83.9 Å². The summed E-state index contributed by atoms with van der Waals surface area (Å²) in [7, 11) is 1.40. The Morgan fingerprint density at radius 3 is 2.28 bits per heavy atom. The van der Waals surface area contributed by atoms with Crippen molar-refractivity contribution in [3.8, 4) is 0 Å². The fraction of sp³-hybridized carbons (Fsp3) is 0.471. The molecule has 0 saturated carbocycles. The summed E-state index contributed by atoms with van der Waals surface area (Å²) < 4.78 is 5.26. The van der Waals surface area contributed by atoms with Crippen LogP contribution in [0.15, 0.2) is 18.2 Å². The maximum Gasteiger partial charge on any atom is 0.410 e. The SMILES string of the molecule is CN(C(=O)OC(C)(C)C)[C@H](Cc1ccc(Cl)c(Cl)c1)C(=O)CC(=O)O. The van der Waals surface area contributed by atoms with Gasteiger partial charge in [-0.1, -0.05) is 29.3 Å². The number of rotatable bonds is 6. The maximum atomic E-state index is 12.3. The summed E-state index contributed by atoms with van der Waals surface area (Å²) in [5.74, 6) is -1.87. The molecule has 6 nitrogen and oxygen atoms in total. The molecule has 0 aliphatic heterocycles. The molecule has 0 bridgehead atoms. The van der Waals surface area contributed by atoms with Crippen molar-refractivity contribution in [3.63, 3.8) is 0 Å². The van der Waals surface area contributed by atoms with Gasteiger partial charge in [-0.2, -0.15) is 0 Å². The summed E-state index contributed by atoms with van der Waals surface area (Å²) in [5.41, 5.74) is -0.0940. The molecule has 1 rings (SSSR count). The maximum absolute atomic E-state index is 12.3. The van der Waals surface area contributed by atoms with Crippen LogP contribution in [0.1, 0.15) is 32.8 Å². The summed E-state index contributed by atoms with van der Waals surface area (Å²) in [6, 6.07) is 3.82. The smallest absolute Gasteiger partial charge is 0.410 e. The van der Waals surface area contributed by atoms with E-state index < -0.39 is 35.9 Å². The summed E-state index contributed by atoms with van der Waals surface area (Å²) in [5, 5.41) is 9.56. The first-order valence-electron chi connectivity index (χ1n) is 7.55. The van der Waals surface area contributed by atoms with E-state index in [0.717, 1.165) is 4.90 Å². The molecule has 0 radical (unpaired) electrons. The number of ether oxygens (including phenoxy) is 1. The third-order valence-corrected chi connectivity index (χ3v) is 4.00. The van der Waals surface area contributed by atoms with E-state index >= 15 is 0 Å². The van der Waals surface area contributed by atoms with Crippen LogP contribution >= 0.6 is 23.2 Å². The van der Waals surface area contributed by atoms with Crippen molar-refractivity contribution in [3.05, 3.63) is 33.8 Å². The number of carbonyl (C=O) groups is 3. The highest BCUT2D eigenvalue weighted by atomic mass is 35.5. The zero-order chi connectivity index (χ0) is 19.4. The van der Waals surface area contributed by atoms with Crippen molar-refractivity contribution in [2.45, 2.75) is 45.3 Å². The molecule has 0 fully saturated rings. The second-order valence-electron chi connectivity index (χ2n) is 6.60. The summed E-state index contributed by atoms with van der Waals surface area (Å²) >= 11 is 11.8. The molecule has 138 valence electrons. The number of benzene rings is 1. The monoisotopic (exact) mass is 389 g/mol. The summed E-state index contributed by atoms with van der Waals surface area (Å²) in [4.78, 5) is 36.6. The highest BCUT2D eigenvalue weighted by molar-refractivity contribution is 6.42. The van der Waals surface area contributed by atoms with Gasteiger partial charge in [-0.3, -0.25) is 9.59 Å². The average Bonchev–Trinajstić information content (AvgIpc) is 2.45. The largest absolute Gasteiger partial charge is 0.481 e. The molecule has 0 spiro atoms. The van der Waals surface area contributed by atoms with E-state index in [4.69, 9.17) is 33.0 Å². The van der Waals surface area contributed by atoms with Crippen molar-refractivity contribution in [1.29, 1.82) is 0 Å². The van der Waals surface area contributed by atoms with Crippen molar-refractivity contribution in [2.75, 3.05) is 7.05 Å². The zero-order valence-electron chi connectivity index (χ0n) is 14.5. The fourth-order valence-electron chi connectivity index (χ4n) is 2.08. The first-order valence-corrected chi connectivity index (χ1v) is 8.30. The minimum Gasteiger partial charge on any atom is -0.481 e. The van der Waals surface area contributed by atoms with Crippen LogP contribution in [0.2, 0.25) is 10.0 Å². The van der Waals surface area contributed by atoms with Gasteiger partial charge in [0.2, 0.25) is 0 Å². The average molecular weight is 390 g/mol. The van der Waals surface area contributed by atoms with Crippen molar-refractivity contribution in [1.82, 2.24) is 4.90 Å². The van der Waals surface area contributed by atoms with Crippen LogP contribution in [0.25, 0.3) is 0 Å². The summed E-state index contributed by atoms with van der Waals surface area (Å²) in [6.07, 6.45) is -1.31. The van der Waals surface area contributed by atoms with Gasteiger partial charge in [0, 0.05) is 13.5 Å². The third kappa shape index (κ3) is 6.92. The number of halogens is 2. The second-order valence-corrected chi connectivity index (χ2v) is 7.41. The number of aliphatic carboxylic acids is 1. The lowest BCUT2D eigenvalue weighted by Gasteiger charge is -2.30. The van der Waals surface area contributed by atoms with E-state index in [1.807, 2.05) is 0 Å². The van der Waals surface area contributed by atoms with Gasteiger partial charge in [0.25, 0.3) is 0 Å². The Morgan fingerprint density at radius 1 is 1.20 bits per heavy atom. The Bertz CT molecular complexity index is 669. The van der Waals surface area contributed by atoms with Crippen LogP contribution < -0.4 is 0 Å². The van der Waals surface area contributed by atoms with E-state index in [0.29, 0.717) is 15.6 Å². The summed E-state index contributed by atoms with van der Waals surface area (Å²) in [6.45, 7) is 5.10. The minimum absolute atomic E-state index is 0.0960. The number of nitrogens with zero attached hydrogens (tertiary/aromatic N) is 1. The molecule has 0 aromatic heterocycles. The molecular weight excluding hydrogens is 369 g/mol. The molecule has 1 N–H and O–H groups in total. The lowest BCUT2D eigenvalue weighted by Crippen LogP contribution is -2.46. The molecule has 1 atom stereocenters. The zero-order valence-corrected chi connectivity index (χ0v) is 16.0. The van der Waals surface area contributed by atoms with Crippen LogP contribution in [0.5, 0.6) is 0 Å². The number of carbonyl (C=O) groups excluding carboxylic acids is 2. The minimum atomic E-state index is -1.26.